The van der Waals surface area contributed by atoms with Gasteiger partial charge >= 0.3 is 0 Å². The predicted molar refractivity (Wildman–Crippen MR) is 161 cm³/mol. The monoisotopic (exact) mass is 564 g/mol. The van der Waals surface area contributed by atoms with Crippen molar-refractivity contribution in [1.29, 1.82) is 0 Å². The molecule has 12 heteroatoms. The molecule has 0 radical (unpaired) electrons. The van der Waals surface area contributed by atoms with Gasteiger partial charge < -0.3 is 21.4 Å². The average molecular weight is 565 g/mol. The number of nitrogens with zero attached hydrogens (tertiary/aromatic N) is 8. The van der Waals surface area contributed by atoms with Crippen LogP contribution >= 0.6 is 0 Å². The van der Waals surface area contributed by atoms with Crippen LogP contribution in [-0.4, -0.2) is 49.9 Å². The highest BCUT2D eigenvalue weighted by atomic mass is 15.4. The molecule has 42 heavy (non-hydrogen) atoms. The second-order valence-corrected chi connectivity index (χ2v) is 10.0. The molecule has 0 spiro atoms. The van der Waals surface area contributed by atoms with Crippen molar-refractivity contribution in [3.63, 3.8) is 0 Å². The Labute approximate surface area is 244 Å². The van der Waals surface area contributed by atoms with Crippen molar-refractivity contribution in [2.24, 2.45) is 0 Å². The number of benzene rings is 2. The van der Waals surface area contributed by atoms with E-state index in [1.807, 2.05) is 46.0 Å². The molecule has 6 rings (SSSR count). The Kier molecular flexibility index (Phi) is 9.69. The molecule has 0 amide bonds. The standard InChI is InChI=1S/C16H20N6.C14H16N6/c17-16-18-11-14(19-16)8-9-15-12-22(21-20-15)10-4-7-13-5-2-1-3-6-13;15-14-16-8-12(17-14)6-7-13-10-20(19-18-13)9-11-4-2-1-3-5-11/h1-3,5-6,11-12H,4,7-10H2,(H3,17,18,19);1-5,8,10H,6-7,9H2,(H3,15,16,17). The van der Waals surface area contributed by atoms with Crippen molar-refractivity contribution in [2.45, 2.75) is 51.6 Å². The Morgan fingerprint density at radius 2 is 1.12 bits per heavy atom. The molecule has 12 nitrogen and oxygen atoms in total. The zero-order valence-electron chi connectivity index (χ0n) is 23.5. The summed E-state index contributed by atoms with van der Waals surface area (Å²) in [5.74, 6) is 0.910. The second kappa shape index (κ2) is 14.4. The number of aromatic amines is 2. The van der Waals surface area contributed by atoms with Gasteiger partial charge in [0.15, 0.2) is 11.9 Å². The Hall–Kier alpha value is -5.26. The first-order valence-corrected chi connectivity index (χ1v) is 14.0. The summed E-state index contributed by atoms with van der Waals surface area (Å²) in [6.07, 6.45) is 13.0. The molecule has 0 saturated carbocycles. The van der Waals surface area contributed by atoms with Gasteiger partial charge in [-0.05, 0) is 49.7 Å². The van der Waals surface area contributed by atoms with E-state index in [-0.39, 0.29) is 0 Å². The number of nitrogen functional groups attached to an aromatic ring is 2. The minimum Gasteiger partial charge on any atom is -0.369 e. The topological polar surface area (TPSA) is 171 Å². The zero-order valence-corrected chi connectivity index (χ0v) is 23.5. The van der Waals surface area contributed by atoms with E-state index in [1.54, 1.807) is 12.4 Å². The highest BCUT2D eigenvalue weighted by Gasteiger charge is 2.05. The first-order valence-electron chi connectivity index (χ1n) is 14.0. The Balaban J connectivity index is 0.000000169. The number of nitrogens with two attached hydrogens (primary N) is 2. The van der Waals surface area contributed by atoms with Crippen molar-refractivity contribution in [1.82, 2.24) is 49.9 Å². The van der Waals surface area contributed by atoms with Gasteiger partial charge in [-0.15, -0.1) is 10.2 Å². The van der Waals surface area contributed by atoms with E-state index in [0.717, 1.165) is 74.4 Å². The number of anilines is 2. The Bertz CT molecular complexity index is 1610. The molecule has 0 atom stereocenters. The minimum absolute atomic E-state index is 0.452. The number of hydrogen-bond donors (Lipinski definition) is 4. The molecule has 216 valence electrons. The largest absolute Gasteiger partial charge is 0.369 e. The lowest BCUT2D eigenvalue weighted by Crippen LogP contribution is -2.00. The average Bonchev–Trinajstić information content (AvgIpc) is 3.82. The molecule has 0 bridgehead atoms. The molecule has 2 aromatic carbocycles. The second-order valence-electron chi connectivity index (χ2n) is 10.0. The van der Waals surface area contributed by atoms with Crippen LogP contribution in [0.3, 0.4) is 0 Å². The van der Waals surface area contributed by atoms with E-state index in [4.69, 9.17) is 11.5 Å². The van der Waals surface area contributed by atoms with Crippen LogP contribution in [0.5, 0.6) is 0 Å². The number of aromatic nitrogens is 10. The maximum atomic E-state index is 5.56. The quantitative estimate of drug-likeness (QED) is 0.175. The van der Waals surface area contributed by atoms with Gasteiger partial charge in [0.1, 0.15) is 0 Å². The van der Waals surface area contributed by atoms with Crippen molar-refractivity contribution < 1.29 is 0 Å². The van der Waals surface area contributed by atoms with Crippen LogP contribution in [0.4, 0.5) is 11.9 Å². The molecule has 0 saturated heterocycles. The molecule has 6 N–H and O–H groups in total. The van der Waals surface area contributed by atoms with Crippen LogP contribution in [0, 0.1) is 0 Å². The summed E-state index contributed by atoms with van der Waals surface area (Å²) in [6.45, 7) is 1.63. The van der Waals surface area contributed by atoms with E-state index in [1.165, 1.54) is 11.1 Å². The number of rotatable bonds is 12. The van der Waals surface area contributed by atoms with Gasteiger partial charge in [-0.25, -0.2) is 14.6 Å². The van der Waals surface area contributed by atoms with Gasteiger partial charge in [0.2, 0.25) is 0 Å². The number of nitrogens with one attached hydrogen (secondary N) is 2. The van der Waals surface area contributed by atoms with Crippen LogP contribution in [0.2, 0.25) is 0 Å². The van der Waals surface area contributed by atoms with Gasteiger partial charge in [-0.3, -0.25) is 4.68 Å². The SMILES string of the molecule is Nc1ncc(CCc2cn(CCCc3ccccc3)nn2)[nH]1.Nc1ncc(CCc2cn(Cc3ccccc3)nn2)[nH]1. The molecular formula is C30H36N12. The van der Waals surface area contributed by atoms with Crippen LogP contribution in [-0.2, 0) is 45.2 Å². The third-order valence-electron chi connectivity index (χ3n) is 6.65. The molecule has 0 aliphatic carbocycles. The first kappa shape index (κ1) is 28.3. The summed E-state index contributed by atoms with van der Waals surface area (Å²) in [5.41, 5.74) is 17.7. The van der Waals surface area contributed by atoms with Crippen molar-refractivity contribution >= 4 is 11.9 Å². The first-order chi connectivity index (χ1) is 20.6. The molecule has 4 aromatic heterocycles. The maximum absolute atomic E-state index is 5.56. The van der Waals surface area contributed by atoms with Crippen molar-refractivity contribution in [3.8, 4) is 0 Å². The van der Waals surface area contributed by atoms with E-state index in [2.05, 4.69) is 77.0 Å². The summed E-state index contributed by atoms with van der Waals surface area (Å²) in [7, 11) is 0. The Morgan fingerprint density at radius 3 is 1.67 bits per heavy atom. The lowest BCUT2D eigenvalue weighted by molar-refractivity contribution is 0.558. The normalized spacial score (nSPS) is 10.9. The summed E-state index contributed by atoms with van der Waals surface area (Å²) in [6, 6.07) is 20.7. The van der Waals surface area contributed by atoms with Crippen LogP contribution < -0.4 is 11.5 Å². The van der Waals surface area contributed by atoms with Crippen LogP contribution in [0.1, 0.15) is 40.3 Å². The zero-order chi connectivity index (χ0) is 29.0. The van der Waals surface area contributed by atoms with E-state index >= 15 is 0 Å². The molecule has 0 unspecified atom stereocenters. The molecular weight excluding hydrogens is 528 g/mol. The van der Waals surface area contributed by atoms with Crippen molar-refractivity contribution in [2.75, 3.05) is 11.5 Å². The number of imidazole rings is 2. The fourth-order valence-corrected chi connectivity index (χ4v) is 4.49. The highest BCUT2D eigenvalue weighted by Crippen LogP contribution is 2.08. The Morgan fingerprint density at radius 1 is 0.595 bits per heavy atom. The molecule has 0 aliphatic heterocycles. The van der Waals surface area contributed by atoms with Gasteiger partial charge in [-0.2, -0.15) is 0 Å². The molecule has 6 aromatic rings. The fraction of sp³-hybridized carbons (Fsp3) is 0.267. The van der Waals surface area contributed by atoms with E-state index < -0.39 is 0 Å². The lowest BCUT2D eigenvalue weighted by Gasteiger charge is -2.01. The van der Waals surface area contributed by atoms with E-state index in [9.17, 15) is 0 Å². The molecule has 0 aliphatic rings. The minimum atomic E-state index is 0.452. The third kappa shape index (κ3) is 8.88. The van der Waals surface area contributed by atoms with Gasteiger partial charge in [0, 0.05) is 30.3 Å². The maximum Gasteiger partial charge on any atom is 0.197 e. The van der Waals surface area contributed by atoms with Crippen LogP contribution in [0.25, 0.3) is 0 Å². The fourth-order valence-electron chi connectivity index (χ4n) is 4.49. The lowest BCUT2D eigenvalue weighted by atomic mass is 10.1. The van der Waals surface area contributed by atoms with Gasteiger partial charge in [-0.1, -0.05) is 71.1 Å². The summed E-state index contributed by atoms with van der Waals surface area (Å²) in [4.78, 5) is 14.0. The van der Waals surface area contributed by atoms with Gasteiger partial charge in [0.25, 0.3) is 0 Å². The van der Waals surface area contributed by atoms with Gasteiger partial charge in [0.05, 0.1) is 30.3 Å². The highest BCUT2D eigenvalue weighted by molar-refractivity contribution is 5.20. The third-order valence-corrected chi connectivity index (χ3v) is 6.65. The van der Waals surface area contributed by atoms with Crippen molar-refractivity contribution in [3.05, 3.63) is 119 Å². The summed E-state index contributed by atoms with van der Waals surface area (Å²) >= 11 is 0. The summed E-state index contributed by atoms with van der Waals surface area (Å²) < 4.78 is 3.77. The predicted octanol–water partition coefficient (Wildman–Crippen LogP) is 3.42. The number of H-pyrrole nitrogens is 2. The van der Waals surface area contributed by atoms with E-state index in [0.29, 0.717) is 11.9 Å². The molecule has 4 heterocycles. The summed E-state index contributed by atoms with van der Waals surface area (Å²) in [5, 5.41) is 16.7. The van der Waals surface area contributed by atoms with Crippen LogP contribution in [0.15, 0.2) is 85.5 Å². The smallest absolute Gasteiger partial charge is 0.197 e. The number of aryl methyl sites for hydroxylation is 6. The molecule has 0 fully saturated rings. The number of hydrogen-bond acceptors (Lipinski definition) is 8.